The maximum atomic E-state index is 10.6. The molecule has 0 aromatic heterocycles. The molecule has 4 heteroatoms. The first kappa shape index (κ1) is 8.49. The number of hydrogen-bond donors (Lipinski definition) is 3. The van der Waals surface area contributed by atoms with Gasteiger partial charge in [-0.2, -0.15) is 0 Å². The third-order valence-electron chi connectivity index (χ3n) is 2.12. The maximum Gasteiger partial charge on any atom is 0.234 e. The van der Waals surface area contributed by atoms with E-state index < -0.39 is 11.9 Å². The Kier molecular flexibility index (Phi) is 2.84. The zero-order valence-electron chi connectivity index (χ0n) is 6.55. The summed E-state index contributed by atoms with van der Waals surface area (Å²) in [5.74, 6) is 0.148. The van der Waals surface area contributed by atoms with Gasteiger partial charge in [-0.15, -0.1) is 0 Å². The first-order chi connectivity index (χ1) is 5.20. The van der Waals surface area contributed by atoms with Gasteiger partial charge in [0.2, 0.25) is 5.91 Å². The minimum Gasteiger partial charge on any atom is -0.368 e. The zero-order chi connectivity index (χ0) is 8.27. The molecule has 1 rings (SSSR count). The van der Waals surface area contributed by atoms with Gasteiger partial charge in [0.15, 0.2) is 0 Å². The van der Waals surface area contributed by atoms with E-state index in [1.165, 1.54) is 0 Å². The van der Waals surface area contributed by atoms with Crippen molar-refractivity contribution >= 4 is 5.91 Å². The molecule has 11 heavy (non-hydrogen) atoms. The molecule has 2 atom stereocenters. The summed E-state index contributed by atoms with van der Waals surface area (Å²) >= 11 is 0. The van der Waals surface area contributed by atoms with Crippen LogP contribution in [-0.4, -0.2) is 25.0 Å². The SMILES string of the molecule is NC(=O)[C@@H](N)CC1CCNC1. The van der Waals surface area contributed by atoms with Crippen LogP contribution in [0.2, 0.25) is 0 Å². The number of nitrogens with two attached hydrogens (primary N) is 2. The fourth-order valence-corrected chi connectivity index (χ4v) is 1.39. The fourth-order valence-electron chi connectivity index (χ4n) is 1.39. The van der Waals surface area contributed by atoms with E-state index in [9.17, 15) is 4.79 Å². The summed E-state index contributed by atoms with van der Waals surface area (Å²) in [7, 11) is 0. The first-order valence-electron chi connectivity index (χ1n) is 3.95. The van der Waals surface area contributed by atoms with Crippen molar-refractivity contribution < 1.29 is 4.79 Å². The Labute approximate surface area is 66.3 Å². The minimum absolute atomic E-state index is 0.392. The molecular formula is C7H15N3O. The Bertz CT molecular complexity index is 143. The van der Waals surface area contributed by atoms with Gasteiger partial charge in [-0.3, -0.25) is 4.79 Å². The smallest absolute Gasteiger partial charge is 0.234 e. The quantitative estimate of drug-likeness (QED) is 0.481. The zero-order valence-corrected chi connectivity index (χ0v) is 6.55. The van der Waals surface area contributed by atoms with Crippen molar-refractivity contribution in [1.29, 1.82) is 0 Å². The lowest BCUT2D eigenvalue weighted by Gasteiger charge is -2.11. The van der Waals surface area contributed by atoms with Gasteiger partial charge in [0.25, 0.3) is 0 Å². The summed E-state index contributed by atoms with van der Waals surface area (Å²) in [6, 6.07) is -0.458. The molecule has 1 amide bonds. The molecule has 1 fully saturated rings. The summed E-state index contributed by atoms with van der Waals surface area (Å²) in [4.78, 5) is 10.6. The number of hydrogen-bond acceptors (Lipinski definition) is 3. The molecule has 0 bridgehead atoms. The molecule has 5 N–H and O–H groups in total. The Hall–Kier alpha value is -0.610. The second kappa shape index (κ2) is 3.69. The van der Waals surface area contributed by atoms with Crippen LogP contribution < -0.4 is 16.8 Å². The summed E-state index contributed by atoms with van der Waals surface area (Å²) in [5.41, 5.74) is 10.5. The molecule has 0 radical (unpaired) electrons. The molecule has 0 aliphatic carbocycles. The van der Waals surface area contributed by atoms with Gasteiger partial charge in [-0.1, -0.05) is 0 Å². The van der Waals surface area contributed by atoms with Crippen molar-refractivity contribution in [2.45, 2.75) is 18.9 Å². The predicted octanol–water partition coefficient (Wildman–Crippen LogP) is -1.20. The minimum atomic E-state index is -0.458. The second-order valence-corrected chi connectivity index (χ2v) is 3.10. The summed E-state index contributed by atoms with van der Waals surface area (Å²) in [5, 5.41) is 3.21. The second-order valence-electron chi connectivity index (χ2n) is 3.10. The average Bonchev–Trinajstić information content (AvgIpc) is 2.39. The molecule has 64 valence electrons. The Balaban J connectivity index is 2.23. The monoisotopic (exact) mass is 157 g/mol. The lowest BCUT2D eigenvalue weighted by Crippen LogP contribution is -2.38. The van der Waals surface area contributed by atoms with E-state index in [-0.39, 0.29) is 0 Å². The van der Waals surface area contributed by atoms with Crippen LogP contribution in [0.25, 0.3) is 0 Å². The van der Waals surface area contributed by atoms with Crippen LogP contribution in [0.4, 0.5) is 0 Å². The average molecular weight is 157 g/mol. The number of amides is 1. The van der Waals surface area contributed by atoms with E-state index >= 15 is 0 Å². The number of carbonyl (C=O) groups excluding carboxylic acids is 1. The van der Waals surface area contributed by atoms with Gasteiger partial charge in [0.1, 0.15) is 0 Å². The highest BCUT2D eigenvalue weighted by Gasteiger charge is 2.19. The van der Waals surface area contributed by atoms with Crippen LogP contribution in [0.5, 0.6) is 0 Å². The third-order valence-corrected chi connectivity index (χ3v) is 2.12. The number of primary amides is 1. The van der Waals surface area contributed by atoms with Gasteiger partial charge in [0, 0.05) is 0 Å². The lowest BCUT2D eigenvalue weighted by molar-refractivity contribution is -0.119. The van der Waals surface area contributed by atoms with Crippen molar-refractivity contribution in [1.82, 2.24) is 5.32 Å². The summed E-state index contributed by atoms with van der Waals surface area (Å²) < 4.78 is 0. The molecule has 1 aliphatic rings. The normalized spacial score (nSPS) is 26.8. The predicted molar refractivity (Wildman–Crippen MR) is 42.8 cm³/mol. The standard InChI is InChI=1S/C7H15N3O/c8-6(7(9)11)3-5-1-2-10-4-5/h5-6,10H,1-4,8H2,(H2,9,11)/t5?,6-/m0/s1. The summed E-state index contributed by atoms with van der Waals surface area (Å²) in [6.07, 6.45) is 1.84. The van der Waals surface area contributed by atoms with Gasteiger partial charge in [0.05, 0.1) is 6.04 Å². The van der Waals surface area contributed by atoms with Crippen molar-refractivity contribution in [2.75, 3.05) is 13.1 Å². The van der Waals surface area contributed by atoms with Crippen molar-refractivity contribution in [3.63, 3.8) is 0 Å². The van der Waals surface area contributed by atoms with Gasteiger partial charge in [-0.05, 0) is 31.8 Å². The number of nitrogens with one attached hydrogen (secondary N) is 1. The molecule has 1 saturated heterocycles. The van der Waals surface area contributed by atoms with Crippen LogP contribution in [0.3, 0.4) is 0 Å². The number of rotatable bonds is 3. The molecule has 1 aliphatic heterocycles. The molecule has 0 aromatic carbocycles. The van der Waals surface area contributed by atoms with Crippen molar-refractivity contribution in [3.8, 4) is 0 Å². The van der Waals surface area contributed by atoms with Crippen LogP contribution in [0, 0.1) is 5.92 Å². The molecule has 0 spiro atoms. The van der Waals surface area contributed by atoms with E-state index in [1.54, 1.807) is 0 Å². The summed E-state index contributed by atoms with van der Waals surface area (Å²) in [6.45, 7) is 2.01. The van der Waals surface area contributed by atoms with Crippen LogP contribution in [0.1, 0.15) is 12.8 Å². The highest BCUT2D eigenvalue weighted by Crippen LogP contribution is 2.13. The topological polar surface area (TPSA) is 81.1 Å². The van der Waals surface area contributed by atoms with Crippen molar-refractivity contribution in [2.24, 2.45) is 17.4 Å². The Morgan fingerprint density at radius 1 is 1.73 bits per heavy atom. The highest BCUT2D eigenvalue weighted by molar-refractivity contribution is 5.79. The van der Waals surface area contributed by atoms with E-state index in [0.717, 1.165) is 25.9 Å². The first-order valence-corrected chi connectivity index (χ1v) is 3.95. The van der Waals surface area contributed by atoms with Gasteiger partial charge in [-0.25, -0.2) is 0 Å². The maximum absolute atomic E-state index is 10.6. The Morgan fingerprint density at radius 3 is 2.91 bits per heavy atom. The van der Waals surface area contributed by atoms with E-state index in [1.807, 2.05) is 0 Å². The van der Waals surface area contributed by atoms with Crippen LogP contribution in [0.15, 0.2) is 0 Å². The largest absolute Gasteiger partial charge is 0.368 e. The van der Waals surface area contributed by atoms with E-state index in [0.29, 0.717) is 5.92 Å². The highest BCUT2D eigenvalue weighted by atomic mass is 16.1. The number of carbonyl (C=O) groups is 1. The molecular weight excluding hydrogens is 142 g/mol. The Morgan fingerprint density at radius 2 is 2.45 bits per heavy atom. The third kappa shape index (κ3) is 2.48. The van der Waals surface area contributed by atoms with E-state index in [4.69, 9.17) is 11.5 Å². The van der Waals surface area contributed by atoms with Gasteiger partial charge < -0.3 is 16.8 Å². The van der Waals surface area contributed by atoms with Crippen LogP contribution >= 0.6 is 0 Å². The molecule has 1 unspecified atom stereocenters. The van der Waals surface area contributed by atoms with E-state index in [2.05, 4.69) is 5.32 Å². The van der Waals surface area contributed by atoms with Gasteiger partial charge >= 0.3 is 0 Å². The molecule has 0 aromatic rings. The lowest BCUT2D eigenvalue weighted by atomic mass is 9.99. The molecule has 4 nitrogen and oxygen atoms in total. The van der Waals surface area contributed by atoms with Crippen molar-refractivity contribution in [3.05, 3.63) is 0 Å². The molecule has 1 heterocycles. The fraction of sp³-hybridized carbons (Fsp3) is 0.857. The molecule has 0 saturated carbocycles. The van der Waals surface area contributed by atoms with Crippen LogP contribution in [-0.2, 0) is 4.79 Å².